The van der Waals surface area contributed by atoms with Gasteiger partial charge >= 0.3 is 0 Å². The minimum Gasteiger partial charge on any atom is -0.307 e. The summed E-state index contributed by atoms with van der Waals surface area (Å²) in [4.78, 5) is 0.152. The van der Waals surface area contributed by atoms with Crippen LogP contribution in [0.1, 0.15) is 31.0 Å². The normalized spacial score (nSPS) is 14.8. The molecule has 0 aliphatic carbocycles. The zero-order chi connectivity index (χ0) is 15.5. The lowest BCUT2D eigenvalue weighted by atomic mass is 10.1. The molecule has 0 amide bonds. The Bertz CT molecular complexity index is 681. The molecule has 0 aliphatic rings. The Morgan fingerprint density at radius 3 is 2.67 bits per heavy atom. The zero-order valence-corrected chi connectivity index (χ0v) is 13.7. The molecule has 114 valence electrons. The van der Waals surface area contributed by atoms with Crippen molar-refractivity contribution >= 4 is 21.4 Å². The zero-order valence-electron chi connectivity index (χ0n) is 12.1. The summed E-state index contributed by atoms with van der Waals surface area (Å²) < 4.78 is 22.8. The summed E-state index contributed by atoms with van der Waals surface area (Å²) in [6.45, 7) is 4.14. The van der Waals surface area contributed by atoms with Crippen molar-refractivity contribution in [2.45, 2.75) is 37.2 Å². The fourth-order valence-electron chi connectivity index (χ4n) is 2.31. The average molecular weight is 324 g/mol. The van der Waals surface area contributed by atoms with Crippen LogP contribution in [-0.4, -0.2) is 14.5 Å². The van der Waals surface area contributed by atoms with E-state index in [1.807, 2.05) is 13.0 Å². The summed E-state index contributed by atoms with van der Waals surface area (Å²) in [6, 6.07) is 9.24. The van der Waals surface area contributed by atoms with Crippen LogP contribution < -0.4 is 10.5 Å². The average Bonchev–Trinajstić information content (AvgIpc) is 2.90. The standard InChI is InChI=1S/C15H20N2O2S2/c1-11(8-13-6-7-20-10-13)17-12(2)14-4-3-5-15(9-14)21(16,18)19/h3-7,9-12,17H,8H2,1-2H3,(H2,16,18,19). The summed E-state index contributed by atoms with van der Waals surface area (Å²) in [5.74, 6) is 0. The molecule has 0 saturated heterocycles. The molecule has 1 aromatic heterocycles. The predicted octanol–water partition coefficient (Wildman–Crippen LogP) is 2.68. The fourth-order valence-corrected chi connectivity index (χ4v) is 3.56. The maximum atomic E-state index is 11.4. The van der Waals surface area contributed by atoms with E-state index in [0.29, 0.717) is 6.04 Å². The quantitative estimate of drug-likeness (QED) is 0.858. The van der Waals surface area contributed by atoms with Gasteiger partial charge in [0.1, 0.15) is 0 Å². The first-order valence-electron chi connectivity index (χ1n) is 6.76. The Morgan fingerprint density at radius 2 is 2.05 bits per heavy atom. The van der Waals surface area contributed by atoms with Gasteiger partial charge in [0.25, 0.3) is 0 Å². The van der Waals surface area contributed by atoms with Crippen molar-refractivity contribution in [1.29, 1.82) is 0 Å². The highest BCUT2D eigenvalue weighted by atomic mass is 32.2. The van der Waals surface area contributed by atoms with Gasteiger partial charge in [0, 0.05) is 12.1 Å². The Labute approximate surface area is 130 Å². The summed E-state index contributed by atoms with van der Waals surface area (Å²) in [7, 11) is -3.65. The Morgan fingerprint density at radius 1 is 1.29 bits per heavy atom. The van der Waals surface area contributed by atoms with E-state index in [4.69, 9.17) is 5.14 Å². The van der Waals surface area contributed by atoms with E-state index in [2.05, 4.69) is 29.1 Å². The molecule has 0 radical (unpaired) electrons. The maximum absolute atomic E-state index is 11.4. The maximum Gasteiger partial charge on any atom is 0.238 e. The Hall–Kier alpha value is -1.21. The van der Waals surface area contributed by atoms with E-state index in [0.717, 1.165) is 12.0 Å². The molecule has 0 fully saturated rings. The highest BCUT2D eigenvalue weighted by molar-refractivity contribution is 7.89. The lowest BCUT2D eigenvalue weighted by molar-refractivity contribution is 0.477. The Kier molecular flexibility index (Phi) is 5.16. The lowest BCUT2D eigenvalue weighted by Crippen LogP contribution is -2.30. The number of sulfonamides is 1. The third-order valence-corrected chi connectivity index (χ3v) is 4.99. The van der Waals surface area contributed by atoms with Gasteiger partial charge in [0.15, 0.2) is 0 Å². The second-order valence-electron chi connectivity index (χ2n) is 5.24. The minimum absolute atomic E-state index is 0.0559. The van der Waals surface area contributed by atoms with Gasteiger partial charge in [-0.1, -0.05) is 12.1 Å². The van der Waals surface area contributed by atoms with E-state index >= 15 is 0 Å². The lowest BCUT2D eigenvalue weighted by Gasteiger charge is -2.20. The number of benzene rings is 1. The first-order chi connectivity index (χ1) is 9.86. The van der Waals surface area contributed by atoms with Crippen LogP contribution >= 0.6 is 11.3 Å². The number of thiophene rings is 1. The molecular weight excluding hydrogens is 304 g/mol. The van der Waals surface area contributed by atoms with Gasteiger partial charge in [0.2, 0.25) is 10.0 Å². The number of rotatable bonds is 6. The first-order valence-corrected chi connectivity index (χ1v) is 9.25. The molecule has 2 unspecified atom stereocenters. The van der Waals surface area contributed by atoms with Gasteiger partial charge < -0.3 is 5.32 Å². The van der Waals surface area contributed by atoms with Crippen molar-refractivity contribution in [3.05, 3.63) is 52.2 Å². The Balaban J connectivity index is 2.04. The second-order valence-corrected chi connectivity index (χ2v) is 7.58. The highest BCUT2D eigenvalue weighted by Crippen LogP contribution is 2.18. The van der Waals surface area contributed by atoms with Crippen LogP contribution in [0.25, 0.3) is 0 Å². The smallest absolute Gasteiger partial charge is 0.238 e. The van der Waals surface area contributed by atoms with E-state index in [1.54, 1.807) is 23.5 Å². The van der Waals surface area contributed by atoms with Crippen LogP contribution in [-0.2, 0) is 16.4 Å². The third-order valence-electron chi connectivity index (χ3n) is 3.34. The molecule has 2 aromatic rings. The van der Waals surface area contributed by atoms with Crippen LogP contribution in [0.2, 0.25) is 0 Å². The number of hydrogen-bond donors (Lipinski definition) is 2. The van der Waals surface area contributed by atoms with E-state index in [1.165, 1.54) is 11.6 Å². The first kappa shape index (κ1) is 16.2. The van der Waals surface area contributed by atoms with Gasteiger partial charge in [-0.25, -0.2) is 13.6 Å². The van der Waals surface area contributed by atoms with Crippen LogP contribution in [0.4, 0.5) is 0 Å². The summed E-state index contributed by atoms with van der Waals surface area (Å²) >= 11 is 1.69. The van der Waals surface area contributed by atoms with Crippen LogP contribution in [0.3, 0.4) is 0 Å². The fraction of sp³-hybridized carbons (Fsp3) is 0.333. The van der Waals surface area contributed by atoms with Crippen LogP contribution in [0.5, 0.6) is 0 Å². The molecular formula is C15H20N2O2S2. The van der Waals surface area contributed by atoms with E-state index < -0.39 is 10.0 Å². The van der Waals surface area contributed by atoms with Gasteiger partial charge in [-0.2, -0.15) is 11.3 Å². The van der Waals surface area contributed by atoms with E-state index in [-0.39, 0.29) is 10.9 Å². The molecule has 0 saturated carbocycles. The summed E-state index contributed by atoms with van der Waals surface area (Å²) in [5, 5.41) is 12.9. The van der Waals surface area contributed by atoms with Gasteiger partial charge in [-0.15, -0.1) is 0 Å². The van der Waals surface area contributed by atoms with Crippen LogP contribution in [0, 0.1) is 0 Å². The monoisotopic (exact) mass is 324 g/mol. The molecule has 1 heterocycles. The SMILES string of the molecule is CC(Cc1ccsc1)NC(C)c1cccc(S(N)(=O)=O)c1. The number of primary sulfonamides is 1. The summed E-state index contributed by atoms with van der Waals surface area (Å²) in [6.07, 6.45) is 0.947. The predicted molar refractivity (Wildman–Crippen MR) is 86.9 cm³/mol. The van der Waals surface area contributed by atoms with Gasteiger partial charge in [0.05, 0.1) is 4.90 Å². The molecule has 0 bridgehead atoms. The van der Waals surface area contributed by atoms with Crippen molar-refractivity contribution < 1.29 is 8.42 Å². The molecule has 0 spiro atoms. The molecule has 2 atom stereocenters. The number of hydrogen-bond acceptors (Lipinski definition) is 4. The molecule has 6 heteroatoms. The van der Waals surface area contributed by atoms with Crippen molar-refractivity contribution in [2.24, 2.45) is 5.14 Å². The second kappa shape index (κ2) is 6.70. The van der Waals surface area contributed by atoms with E-state index in [9.17, 15) is 8.42 Å². The van der Waals surface area contributed by atoms with Crippen molar-refractivity contribution in [3.63, 3.8) is 0 Å². The molecule has 2 rings (SSSR count). The van der Waals surface area contributed by atoms with Crippen LogP contribution in [0.15, 0.2) is 46.0 Å². The molecule has 21 heavy (non-hydrogen) atoms. The number of nitrogens with one attached hydrogen (secondary N) is 1. The van der Waals surface area contributed by atoms with Crippen molar-refractivity contribution in [2.75, 3.05) is 0 Å². The van der Waals surface area contributed by atoms with Crippen molar-refractivity contribution in [3.8, 4) is 0 Å². The number of nitrogens with two attached hydrogens (primary N) is 1. The van der Waals surface area contributed by atoms with Gasteiger partial charge in [-0.3, -0.25) is 0 Å². The molecule has 4 nitrogen and oxygen atoms in total. The minimum atomic E-state index is -3.65. The van der Waals surface area contributed by atoms with Gasteiger partial charge in [-0.05, 0) is 60.4 Å². The van der Waals surface area contributed by atoms with Crippen molar-refractivity contribution in [1.82, 2.24) is 5.32 Å². The molecule has 0 aliphatic heterocycles. The molecule has 1 aromatic carbocycles. The largest absolute Gasteiger partial charge is 0.307 e. The highest BCUT2D eigenvalue weighted by Gasteiger charge is 2.13. The summed E-state index contributed by atoms with van der Waals surface area (Å²) in [5.41, 5.74) is 2.23. The topological polar surface area (TPSA) is 72.2 Å². The third kappa shape index (κ3) is 4.64. The molecule has 3 N–H and O–H groups in total.